The lowest BCUT2D eigenvalue weighted by Gasteiger charge is -2.62. The van der Waals surface area contributed by atoms with E-state index in [-0.39, 0.29) is 40.3 Å². The first-order valence-electron chi connectivity index (χ1n) is 12.7. The Morgan fingerprint density at radius 1 is 1.00 bits per heavy atom. The lowest BCUT2D eigenvalue weighted by molar-refractivity contribution is -0.213. The van der Waals surface area contributed by atoms with Gasteiger partial charge in [0, 0.05) is 17.8 Å². The van der Waals surface area contributed by atoms with Crippen molar-refractivity contribution in [3.63, 3.8) is 0 Å². The highest BCUT2D eigenvalue weighted by Crippen LogP contribution is 2.71. The van der Waals surface area contributed by atoms with Gasteiger partial charge in [0.2, 0.25) is 0 Å². The summed E-state index contributed by atoms with van der Waals surface area (Å²) in [6, 6.07) is 4.15. The molecule has 0 aromatic carbocycles. The molecular formula is C27H38O5. The maximum absolute atomic E-state index is 11.8. The van der Waals surface area contributed by atoms with E-state index in [0.717, 1.165) is 50.0 Å². The topological polar surface area (TPSA) is 83.1 Å². The third-order valence-electron chi connectivity index (χ3n) is 10.6. The average Bonchev–Trinajstić information content (AvgIpc) is 3.40. The van der Waals surface area contributed by atoms with Gasteiger partial charge in [0.1, 0.15) is 11.5 Å². The van der Waals surface area contributed by atoms with Crippen LogP contribution in [0.5, 0.6) is 0 Å². The maximum atomic E-state index is 11.8. The molecule has 4 aliphatic carbocycles. The molecule has 3 N–H and O–H groups in total. The van der Waals surface area contributed by atoms with Crippen molar-refractivity contribution in [3.8, 4) is 0 Å². The monoisotopic (exact) mass is 442 g/mol. The van der Waals surface area contributed by atoms with Crippen LogP contribution in [-0.4, -0.2) is 39.4 Å². The Hall–Kier alpha value is -1.14. The number of aliphatic hydroxyl groups excluding tert-OH is 3. The van der Waals surface area contributed by atoms with Gasteiger partial charge in [0.15, 0.2) is 6.29 Å². The zero-order valence-electron chi connectivity index (χ0n) is 19.6. The zero-order chi connectivity index (χ0) is 22.5. The summed E-state index contributed by atoms with van der Waals surface area (Å²) in [6.45, 7) is 6.64. The Balaban J connectivity index is 1.49. The number of hydrogen-bond donors (Lipinski definition) is 3. The van der Waals surface area contributed by atoms with Gasteiger partial charge in [0.05, 0.1) is 17.8 Å². The van der Waals surface area contributed by atoms with E-state index in [1.807, 2.05) is 13.0 Å². The molecule has 32 heavy (non-hydrogen) atoms. The van der Waals surface area contributed by atoms with Crippen LogP contribution in [0.2, 0.25) is 0 Å². The summed E-state index contributed by atoms with van der Waals surface area (Å²) in [6.07, 6.45) is 7.72. The van der Waals surface area contributed by atoms with Crippen molar-refractivity contribution in [2.75, 3.05) is 0 Å². The van der Waals surface area contributed by atoms with Crippen LogP contribution in [0.4, 0.5) is 0 Å². The number of aliphatic hydroxyl groups is 3. The number of aryl methyl sites for hydroxylation is 1. The highest BCUT2D eigenvalue weighted by atomic mass is 16.6. The second-order valence-corrected chi connectivity index (χ2v) is 12.0. The molecule has 176 valence electrons. The van der Waals surface area contributed by atoms with Gasteiger partial charge in [-0.3, -0.25) is 0 Å². The van der Waals surface area contributed by atoms with Crippen LogP contribution >= 0.6 is 0 Å². The van der Waals surface area contributed by atoms with Gasteiger partial charge >= 0.3 is 0 Å². The minimum Gasteiger partial charge on any atom is -0.466 e. The Morgan fingerprint density at radius 3 is 2.47 bits per heavy atom. The molecule has 6 rings (SSSR count). The van der Waals surface area contributed by atoms with Gasteiger partial charge in [0.25, 0.3) is 0 Å². The largest absolute Gasteiger partial charge is 0.466 e. The van der Waals surface area contributed by atoms with Crippen molar-refractivity contribution in [2.45, 2.75) is 102 Å². The van der Waals surface area contributed by atoms with Crippen LogP contribution in [0, 0.1) is 35.5 Å². The SMILES string of the molecule is Cc1ccc([C@@H]2C=C3C[C@@H](O)CC[C@]3(C)C3C(O)C[C@@]4(C)[C@@H](CCC45CCC(O)O5)[C@@H]32)o1. The Kier molecular flexibility index (Phi) is 4.64. The van der Waals surface area contributed by atoms with Crippen molar-refractivity contribution in [2.24, 2.45) is 28.6 Å². The molecule has 1 saturated heterocycles. The Labute approximate surface area is 190 Å². The van der Waals surface area contributed by atoms with Gasteiger partial charge in [-0.25, -0.2) is 0 Å². The van der Waals surface area contributed by atoms with Gasteiger partial charge in [-0.2, -0.15) is 0 Å². The zero-order valence-corrected chi connectivity index (χ0v) is 19.6. The van der Waals surface area contributed by atoms with Gasteiger partial charge < -0.3 is 24.5 Å². The van der Waals surface area contributed by atoms with E-state index in [1.165, 1.54) is 5.57 Å². The molecule has 3 saturated carbocycles. The van der Waals surface area contributed by atoms with Crippen LogP contribution in [0.1, 0.15) is 82.7 Å². The lowest BCUT2D eigenvalue weighted by atomic mass is 9.44. The summed E-state index contributed by atoms with van der Waals surface area (Å²) in [5.41, 5.74) is 0.717. The molecule has 2 heterocycles. The van der Waals surface area contributed by atoms with E-state index in [1.54, 1.807) is 0 Å². The first kappa shape index (κ1) is 21.4. The number of hydrogen-bond acceptors (Lipinski definition) is 5. The molecule has 4 fully saturated rings. The molecule has 1 aromatic rings. The normalized spacial score (nSPS) is 52.4. The third-order valence-corrected chi connectivity index (χ3v) is 10.6. The maximum Gasteiger partial charge on any atom is 0.155 e. The molecule has 0 radical (unpaired) electrons. The summed E-state index contributed by atoms with van der Waals surface area (Å²) in [7, 11) is 0. The molecule has 1 aliphatic heterocycles. The highest BCUT2D eigenvalue weighted by Gasteiger charge is 2.69. The minimum absolute atomic E-state index is 0.0887. The summed E-state index contributed by atoms with van der Waals surface area (Å²) in [5, 5.41) is 32.6. The van der Waals surface area contributed by atoms with E-state index in [2.05, 4.69) is 26.0 Å². The van der Waals surface area contributed by atoms with Crippen molar-refractivity contribution < 1.29 is 24.5 Å². The number of ether oxygens (including phenoxy) is 1. The molecular weight excluding hydrogens is 404 g/mol. The van der Waals surface area contributed by atoms with Gasteiger partial charge in [-0.15, -0.1) is 0 Å². The Morgan fingerprint density at radius 2 is 1.78 bits per heavy atom. The molecule has 5 heteroatoms. The lowest BCUT2D eigenvalue weighted by Crippen LogP contribution is -2.61. The standard InChI is InChI=1S/C27H38O5/c1-15-4-5-21(31-15)18-13-16-12-17(28)6-9-25(16,2)24-20(29)14-26(3)19(23(18)24)7-10-27(26)11-8-22(30)32-27/h4-5,13,17-20,22-24,28-30H,6-12,14H2,1-3H3/t17-,18-,19-,20?,22?,23-,24?,25-,26-,27?/m0/s1. The Bertz CT molecular complexity index is 936. The summed E-state index contributed by atoms with van der Waals surface area (Å²) in [4.78, 5) is 0. The average molecular weight is 443 g/mol. The third kappa shape index (κ3) is 2.71. The summed E-state index contributed by atoms with van der Waals surface area (Å²) in [5.74, 6) is 2.80. The van der Waals surface area contributed by atoms with Crippen molar-refractivity contribution >= 4 is 0 Å². The van der Waals surface area contributed by atoms with Crippen LogP contribution in [0.25, 0.3) is 0 Å². The van der Waals surface area contributed by atoms with Crippen LogP contribution in [0.15, 0.2) is 28.2 Å². The summed E-state index contributed by atoms with van der Waals surface area (Å²) < 4.78 is 12.5. The van der Waals surface area contributed by atoms with Crippen LogP contribution in [-0.2, 0) is 4.74 Å². The van der Waals surface area contributed by atoms with Crippen LogP contribution < -0.4 is 0 Å². The molecule has 0 bridgehead atoms. The van der Waals surface area contributed by atoms with Gasteiger partial charge in [-0.1, -0.05) is 25.5 Å². The second-order valence-electron chi connectivity index (χ2n) is 12.0. The first-order chi connectivity index (χ1) is 15.2. The molecule has 1 aromatic heterocycles. The quantitative estimate of drug-likeness (QED) is 0.560. The fourth-order valence-corrected chi connectivity index (χ4v) is 9.10. The molecule has 0 amide bonds. The van der Waals surface area contributed by atoms with Crippen molar-refractivity contribution in [1.82, 2.24) is 0 Å². The fourth-order valence-electron chi connectivity index (χ4n) is 9.10. The highest BCUT2D eigenvalue weighted by molar-refractivity contribution is 5.34. The number of allylic oxidation sites excluding steroid dienone is 1. The van der Waals surface area contributed by atoms with Crippen molar-refractivity contribution in [3.05, 3.63) is 35.3 Å². The first-order valence-corrected chi connectivity index (χ1v) is 12.7. The molecule has 5 nitrogen and oxygen atoms in total. The van der Waals surface area contributed by atoms with Crippen molar-refractivity contribution in [1.29, 1.82) is 0 Å². The molecule has 5 aliphatic rings. The minimum atomic E-state index is -0.681. The number of furan rings is 1. The molecule has 4 unspecified atom stereocenters. The van der Waals surface area contributed by atoms with Crippen LogP contribution in [0.3, 0.4) is 0 Å². The number of fused-ring (bicyclic) bond motifs is 6. The molecule has 10 atom stereocenters. The summed E-state index contributed by atoms with van der Waals surface area (Å²) >= 11 is 0. The predicted molar refractivity (Wildman–Crippen MR) is 120 cm³/mol. The second kappa shape index (κ2) is 6.94. The number of rotatable bonds is 1. The fraction of sp³-hybridized carbons (Fsp3) is 0.778. The smallest absolute Gasteiger partial charge is 0.155 e. The van der Waals surface area contributed by atoms with E-state index in [4.69, 9.17) is 9.15 Å². The predicted octanol–water partition coefficient (Wildman–Crippen LogP) is 4.44. The van der Waals surface area contributed by atoms with E-state index in [9.17, 15) is 15.3 Å². The van der Waals surface area contributed by atoms with E-state index < -0.39 is 12.4 Å². The van der Waals surface area contributed by atoms with E-state index in [0.29, 0.717) is 18.8 Å². The van der Waals surface area contributed by atoms with E-state index >= 15 is 0 Å². The molecule has 1 spiro atoms. The van der Waals surface area contributed by atoms with Gasteiger partial charge in [-0.05, 0) is 87.2 Å².